The Morgan fingerprint density at radius 3 is 2.68 bits per heavy atom. The lowest BCUT2D eigenvalue weighted by Crippen LogP contribution is -2.20. The lowest BCUT2D eigenvalue weighted by Gasteiger charge is -2.05. The van der Waals surface area contributed by atoms with E-state index in [0.717, 1.165) is 13.6 Å². The summed E-state index contributed by atoms with van der Waals surface area (Å²) < 4.78 is 3.32. The lowest BCUT2D eigenvalue weighted by molar-refractivity contribution is 0.771. The van der Waals surface area contributed by atoms with Crippen molar-refractivity contribution in [3.63, 3.8) is 0 Å². The minimum atomic E-state index is -0.175. The molecule has 0 bridgehead atoms. The highest BCUT2D eigenvalue weighted by Gasteiger charge is 2.07. The van der Waals surface area contributed by atoms with Gasteiger partial charge >= 0.3 is 0 Å². The van der Waals surface area contributed by atoms with E-state index in [0.29, 0.717) is 16.7 Å². The number of hydrogen-bond acceptors (Lipinski definition) is 3. The predicted octanol–water partition coefficient (Wildman–Crippen LogP) is 3.95. The Kier molecular flexibility index (Phi) is 4.39. The smallest absolute Gasteiger partial charge is 0.267 e. The van der Waals surface area contributed by atoms with Crippen LogP contribution in [0.4, 0.5) is 0 Å². The monoisotopic (exact) mass is 467 g/mol. The van der Waals surface area contributed by atoms with Crippen molar-refractivity contribution < 1.29 is 0 Å². The van der Waals surface area contributed by atoms with Crippen LogP contribution in [0.3, 0.4) is 0 Å². The van der Waals surface area contributed by atoms with Crippen molar-refractivity contribution in [3.05, 3.63) is 72.2 Å². The van der Waals surface area contributed by atoms with Crippen LogP contribution in [0.2, 0.25) is 0 Å². The molecule has 0 N–H and O–H groups in total. The van der Waals surface area contributed by atoms with Gasteiger partial charge in [-0.25, -0.2) is 4.98 Å². The second-order valence-electron chi connectivity index (χ2n) is 4.73. The number of nitrogens with zero attached hydrogens (tertiary/aromatic N) is 3. The molecule has 0 aliphatic rings. The first kappa shape index (κ1) is 15.4. The number of hydrogen-bond donors (Lipinski definition) is 0. The molecule has 0 atom stereocenters. The third-order valence-corrected chi connectivity index (χ3v) is 4.37. The van der Waals surface area contributed by atoms with Gasteiger partial charge in [-0.2, -0.15) is 9.78 Å². The zero-order chi connectivity index (χ0) is 15.7. The van der Waals surface area contributed by atoms with Crippen molar-refractivity contribution >= 4 is 55.6 Å². The Bertz CT molecular complexity index is 933. The van der Waals surface area contributed by atoms with Crippen molar-refractivity contribution in [1.29, 1.82) is 0 Å². The van der Waals surface area contributed by atoms with Crippen LogP contribution in [0.25, 0.3) is 10.9 Å². The van der Waals surface area contributed by atoms with E-state index in [9.17, 15) is 4.79 Å². The zero-order valence-corrected chi connectivity index (χ0v) is 15.4. The number of aromatic nitrogens is 2. The fraction of sp³-hybridized carbons (Fsp3) is 0.0625. The van der Waals surface area contributed by atoms with E-state index in [1.807, 2.05) is 36.4 Å². The van der Waals surface area contributed by atoms with Gasteiger partial charge in [0.15, 0.2) is 0 Å². The van der Waals surface area contributed by atoms with E-state index in [4.69, 9.17) is 0 Å². The van der Waals surface area contributed by atoms with Gasteiger partial charge in [-0.15, -0.1) is 0 Å². The Hall–Kier alpha value is -1.54. The maximum atomic E-state index is 12.6. The summed E-state index contributed by atoms with van der Waals surface area (Å²) in [7, 11) is 0. The second kappa shape index (κ2) is 6.29. The van der Waals surface area contributed by atoms with Crippen molar-refractivity contribution in [2.45, 2.75) is 6.92 Å². The number of aryl methyl sites for hydroxylation is 1. The quantitative estimate of drug-likeness (QED) is 0.423. The van der Waals surface area contributed by atoms with Gasteiger partial charge in [0, 0.05) is 8.04 Å². The van der Waals surface area contributed by atoms with Crippen LogP contribution in [0.1, 0.15) is 11.4 Å². The summed E-state index contributed by atoms with van der Waals surface area (Å²) in [6.45, 7) is 1.77. The zero-order valence-electron chi connectivity index (χ0n) is 11.6. The van der Waals surface area contributed by atoms with Gasteiger partial charge in [0.05, 0.1) is 17.1 Å². The maximum absolute atomic E-state index is 12.6. The minimum Gasteiger partial charge on any atom is -0.267 e. The van der Waals surface area contributed by atoms with E-state index in [1.165, 1.54) is 4.68 Å². The van der Waals surface area contributed by atoms with E-state index in [2.05, 4.69) is 48.6 Å². The maximum Gasteiger partial charge on any atom is 0.282 e. The normalized spacial score (nSPS) is 11.4. The van der Waals surface area contributed by atoms with Crippen molar-refractivity contribution in [2.75, 3.05) is 0 Å². The molecule has 0 radical (unpaired) electrons. The van der Waals surface area contributed by atoms with Crippen LogP contribution in [0.15, 0.2) is 56.8 Å². The van der Waals surface area contributed by atoms with Crippen LogP contribution >= 0.6 is 38.5 Å². The fourth-order valence-electron chi connectivity index (χ4n) is 2.07. The highest BCUT2D eigenvalue weighted by molar-refractivity contribution is 14.1. The van der Waals surface area contributed by atoms with Crippen LogP contribution in [0, 0.1) is 10.5 Å². The molecule has 0 spiro atoms. The average Bonchev–Trinajstić information content (AvgIpc) is 2.50. The van der Waals surface area contributed by atoms with E-state index in [1.54, 1.807) is 19.2 Å². The SMILES string of the molecule is Cc1nc2ccc(Br)cc2c(=O)n1N=Cc1ccc(I)cc1. The number of halogens is 2. The first-order valence-electron chi connectivity index (χ1n) is 6.53. The molecular weight excluding hydrogens is 457 g/mol. The van der Waals surface area contributed by atoms with Gasteiger partial charge in [-0.05, 0) is 65.4 Å². The summed E-state index contributed by atoms with van der Waals surface area (Å²) in [5.41, 5.74) is 1.43. The molecule has 1 heterocycles. The molecule has 0 unspecified atom stereocenters. The summed E-state index contributed by atoms with van der Waals surface area (Å²) in [5.74, 6) is 0.557. The minimum absolute atomic E-state index is 0.175. The Balaban J connectivity index is 2.10. The molecule has 0 saturated carbocycles. The fourth-order valence-corrected chi connectivity index (χ4v) is 2.79. The molecule has 0 aliphatic carbocycles. The molecule has 0 aliphatic heterocycles. The first-order valence-corrected chi connectivity index (χ1v) is 8.40. The summed E-state index contributed by atoms with van der Waals surface area (Å²) in [6, 6.07) is 13.4. The van der Waals surface area contributed by atoms with Crippen LogP contribution in [-0.4, -0.2) is 15.9 Å². The van der Waals surface area contributed by atoms with Crippen LogP contribution < -0.4 is 5.56 Å². The van der Waals surface area contributed by atoms with Gasteiger partial charge in [0.25, 0.3) is 5.56 Å². The highest BCUT2D eigenvalue weighted by Crippen LogP contribution is 2.15. The number of rotatable bonds is 2. The molecule has 3 aromatic rings. The molecular formula is C16H11BrIN3O. The number of benzene rings is 2. The third kappa shape index (κ3) is 3.12. The molecule has 2 aromatic carbocycles. The standard InChI is InChI=1S/C16H11BrIN3O/c1-10-20-15-7-4-12(17)8-14(15)16(22)21(10)19-9-11-2-5-13(18)6-3-11/h2-9H,1H3. The molecule has 0 saturated heterocycles. The Morgan fingerprint density at radius 1 is 1.23 bits per heavy atom. The van der Waals surface area contributed by atoms with Crippen molar-refractivity contribution in [1.82, 2.24) is 9.66 Å². The summed E-state index contributed by atoms with van der Waals surface area (Å²) in [4.78, 5) is 17.0. The topological polar surface area (TPSA) is 47.2 Å². The Labute approximate surface area is 149 Å². The van der Waals surface area contributed by atoms with Crippen molar-refractivity contribution in [3.8, 4) is 0 Å². The van der Waals surface area contributed by atoms with Gasteiger partial charge in [0.2, 0.25) is 0 Å². The van der Waals surface area contributed by atoms with Gasteiger partial charge < -0.3 is 0 Å². The van der Waals surface area contributed by atoms with Gasteiger partial charge in [-0.1, -0.05) is 28.1 Å². The molecule has 6 heteroatoms. The van der Waals surface area contributed by atoms with E-state index < -0.39 is 0 Å². The summed E-state index contributed by atoms with van der Waals surface area (Å²) >= 11 is 5.62. The largest absolute Gasteiger partial charge is 0.282 e. The molecule has 4 nitrogen and oxygen atoms in total. The third-order valence-electron chi connectivity index (χ3n) is 3.16. The highest BCUT2D eigenvalue weighted by atomic mass is 127. The summed E-state index contributed by atoms with van der Waals surface area (Å²) in [5, 5.41) is 4.83. The molecule has 3 rings (SSSR count). The molecule has 1 aromatic heterocycles. The van der Waals surface area contributed by atoms with E-state index >= 15 is 0 Å². The predicted molar refractivity (Wildman–Crippen MR) is 101 cm³/mol. The average molecular weight is 468 g/mol. The lowest BCUT2D eigenvalue weighted by atomic mass is 10.2. The summed E-state index contributed by atoms with van der Waals surface area (Å²) in [6.07, 6.45) is 1.66. The second-order valence-corrected chi connectivity index (χ2v) is 6.89. The van der Waals surface area contributed by atoms with Gasteiger partial charge in [-0.3, -0.25) is 4.79 Å². The molecule has 0 fully saturated rings. The van der Waals surface area contributed by atoms with Crippen LogP contribution in [0.5, 0.6) is 0 Å². The molecule has 22 heavy (non-hydrogen) atoms. The molecule has 0 amide bonds. The van der Waals surface area contributed by atoms with Gasteiger partial charge in [0.1, 0.15) is 5.82 Å². The molecule has 110 valence electrons. The first-order chi connectivity index (χ1) is 10.5. The van der Waals surface area contributed by atoms with E-state index in [-0.39, 0.29) is 5.56 Å². The van der Waals surface area contributed by atoms with Crippen LogP contribution in [-0.2, 0) is 0 Å². The number of fused-ring (bicyclic) bond motifs is 1. The van der Waals surface area contributed by atoms with Crippen molar-refractivity contribution in [2.24, 2.45) is 5.10 Å². The Morgan fingerprint density at radius 2 is 1.95 bits per heavy atom.